The molecule has 0 aliphatic carbocycles. The molecule has 1 heterocycles. The van der Waals surface area contributed by atoms with Gasteiger partial charge in [-0.1, -0.05) is 35.9 Å². The van der Waals surface area contributed by atoms with Crippen molar-refractivity contribution in [1.82, 2.24) is 4.98 Å². The molecular weight excluding hydrogens is 478 g/mol. The van der Waals surface area contributed by atoms with Gasteiger partial charge in [0.15, 0.2) is 5.13 Å². The van der Waals surface area contributed by atoms with Crippen LogP contribution in [0.5, 0.6) is 5.75 Å². The third kappa shape index (κ3) is 6.49. The van der Waals surface area contributed by atoms with Crippen LogP contribution in [-0.2, 0) is 4.79 Å². The molecule has 1 aromatic heterocycles. The van der Waals surface area contributed by atoms with Crippen molar-refractivity contribution in [1.29, 1.82) is 0 Å². The van der Waals surface area contributed by atoms with Gasteiger partial charge in [0.05, 0.1) is 18.6 Å². The van der Waals surface area contributed by atoms with Crippen molar-refractivity contribution < 1.29 is 14.3 Å². The topological polar surface area (TPSA) is 80.3 Å². The van der Waals surface area contributed by atoms with Crippen molar-refractivity contribution in [3.63, 3.8) is 0 Å². The number of nitrogens with one attached hydrogen (secondary N) is 2. The number of nitrogens with zero attached hydrogens (tertiary/aromatic N) is 1. The molecule has 0 saturated carbocycles. The molecule has 0 radical (unpaired) electrons. The van der Waals surface area contributed by atoms with E-state index in [4.69, 9.17) is 4.74 Å². The predicted molar refractivity (Wildman–Crippen MR) is 144 cm³/mol. The van der Waals surface area contributed by atoms with Gasteiger partial charge in [-0.3, -0.25) is 9.59 Å². The Morgan fingerprint density at radius 1 is 0.971 bits per heavy atom. The number of benzene rings is 3. The molecule has 0 atom stereocenters. The van der Waals surface area contributed by atoms with Crippen molar-refractivity contribution in [2.24, 2.45) is 0 Å². The second-order valence-electron chi connectivity index (χ2n) is 7.84. The van der Waals surface area contributed by atoms with E-state index < -0.39 is 0 Å². The van der Waals surface area contributed by atoms with Gasteiger partial charge in [-0.05, 0) is 56.3 Å². The first-order valence-corrected chi connectivity index (χ1v) is 12.7. The molecule has 0 spiro atoms. The molecule has 0 aliphatic rings. The lowest BCUT2D eigenvalue weighted by Crippen LogP contribution is -2.14. The summed E-state index contributed by atoms with van der Waals surface area (Å²) in [5, 5.41) is 6.38. The first kappa shape index (κ1) is 24.5. The van der Waals surface area contributed by atoms with Gasteiger partial charge in [-0.2, -0.15) is 0 Å². The Bertz CT molecular complexity index is 1330. The number of ether oxygens (including phenoxy) is 1. The summed E-state index contributed by atoms with van der Waals surface area (Å²) in [5.41, 5.74) is 4.31. The van der Waals surface area contributed by atoms with Crippen LogP contribution in [0.2, 0.25) is 0 Å². The number of carbonyl (C=O) groups is 2. The molecule has 2 N–H and O–H groups in total. The van der Waals surface area contributed by atoms with E-state index in [1.54, 1.807) is 31.4 Å². The van der Waals surface area contributed by atoms with Gasteiger partial charge in [0.2, 0.25) is 5.91 Å². The highest BCUT2D eigenvalue weighted by molar-refractivity contribution is 8.00. The predicted octanol–water partition coefficient (Wildman–Crippen LogP) is 6.42. The Kier molecular flexibility index (Phi) is 7.84. The fourth-order valence-electron chi connectivity index (χ4n) is 3.34. The van der Waals surface area contributed by atoms with Gasteiger partial charge in [0.1, 0.15) is 5.75 Å². The molecule has 0 unspecified atom stereocenters. The number of methoxy groups -OCH3 is 1. The zero-order valence-corrected chi connectivity index (χ0v) is 21.3. The number of aryl methyl sites for hydroxylation is 2. The van der Waals surface area contributed by atoms with Crippen molar-refractivity contribution in [2.75, 3.05) is 23.5 Å². The van der Waals surface area contributed by atoms with Crippen molar-refractivity contribution in [3.8, 4) is 17.0 Å². The van der Waals surface area contributed by atoms with E-state index in [1.165, 1.54) is 28.7 Å². The Hall–Kier alpha value is -3.62. The molecular formula is C27H25N3O3S2. The fourth-order valence-corrected chi connectivity index (χ4v) is 4.95. The van der Waals surface area contributed by atoms with Crippen LogP contribution in [-0.4, -0.2) is 29.7 Å². The number of thiazole rings is 1. The minimum absolute atomic E-state index is 0.133. The SMILES string of the molecule is COc1ccc(C(=O)Nc2cccc(SCC(=O)Nc3nc(-c4ccc(C)cc4)c(C)s3)c2)cc1. The lowest BCUT2D eigenvalue weighted by Gasteiger charge is -2.08. The fraction of sp³-hybridized carbons (Fsp3) is 0.148. The summed E-state index contributed by atoms with van der Waals surface area (Å²) in [6, 6.07) is 22.5. The van der Waals surface area contributed by atoms with Crippen LogP contribution in [0.1, 0.15) is 20.8 Å². The maximum absolute atomic E-state index is 12.5. The summed E-state index contributed by atoms with van der Waals surface area (Å²) in [5.74, 6) is 0.578. The number of aromatic nitrogens is 1. The van der Waals surface area contributed by atoms with E-state index in [1.807, 2.05) is 50.2 Å². The van der Waals surface area contributed by atoms with E-state index in [-0.39, 0.29) is 17.6 Å². The number of anilines is 2. The Morgan fingerprint density at radius 2 is 1.71 bits per heavy atom. The van der Waals surface area contributed by atoms with E-state index in [9.17, 15) is 9.59 Å². The highest BCUT2D eigenvalue weighted by Gasteiger charge is 2.13. The van der Waals surface area contributed by atoms with Crippen molar-refractivity contribution in [2.45, 2.75) is 18.7 Å². The van der Waals surface area contributed by atoms with Crippen LogP contribution < -0.4 is 15.4 Å². The molecule has 0 aliphatic heterocycles. The van der Waals surface area contributed by atoms with Gasteiger partial charge in [-0.15, -0.1) is 23.1 Å². The molecule has 0 saturated heterocycles. The second kappa shape index (κ2) is 11.2. The van der Waals surface area contributed by atoms with Gasteiger partial charge >= 0.3 is 0 Å². The van der Waals surface area contributed by atoms with Gasteiger partial charge < -0.3 is 15.4 Å². The van der Waals surface area contributed by atoms with Crippen LogP contribution in [0.15, 0.2) is 77.7 Å². The number of hydrogen-bond donors (Lipinski definition) is 2. The first-order chi connectivity index (χ1) is 16.9. The summed E-state index contributed by atoms with van der Waals surface area (Å²) in [6.07, 6.45) is 0. The van der Waals surface area contributed by atoms with E-state index in [0.29, 0.717) is 22.1 Å². The highest BCUT2D eigenvalue weighted by Crippen LogP contribution is 2.31. The normalized spacial score (nSPS) is 10.6. The molecule has 0 bridgehead atoms. The number of rotatable bonds is 8. The number of hydrogen-bond acceptors (Lipinski definition) is 6. The third-order valence-electron chi connectivity index (χ3n) is 5.18. The van der Waals surface area contributed by atoms with Crippen LogP contribution in [0, 0.1) is 13.8 Å². The minimum atomic E-state index is -0.212. The quantitative estimate of drug-likeness (QED) is 0.271. The number of amides is 2. The number of thioether (sulfide) groups is 1. The minimum Gasteiger partial charge on any atom is -0.497 e. The zero-order chi connectivity index (χ0) is 24.8. The molecule has 6 nitrogen and oxygen atoms in total. The molecule has 8 heteroatoms. The first-order valence-electron chi connectivity index (χ1n) is 10.9. The van der Waals surface area contributed by atoms with E-state index in [0.717, 1.165) is 21.0 Å². The molecule has 178 valence electrons. The average Bonchev–Trinajstić information content (AvgIpc) is 3.23. The lowest BCUT2D eigenvalue weighted by molar-refractivity contribution is -0.113. The second-order valence-corrected chi connectivity index (χ2v) is 10.1. The summed E-state index contributed by atoms with van der Waals surface area (Å²) in [7, 11) is 1.58. The third-order valence-corrected chi connectivity index (χ3v) is 7.06. The standard InChI is InChI=1S/C27H25N3O3S2/c1-17-7-9-19(10-8-17)25-18(2)35-27(30-25)29-24(31)16-34-23-6-4-5-21(15-23)28-26(32)20-11-13-22(33-3)14-12-20/h4-15H,16H2,1-3H3,(H,28,32)(H,29,30,31). The van der Waals surface area contributed by atoms with E-state index >= 15 is 0 Å². The summed E-state index contributed by atoms with van der Waals surface area (Å²) in [6.45, 7) is 4.05. The van der Waals surface area contributed by atoms with Gasteiger partial charge in [0.25, 0.3) is 5.91 Å². The molecule has 35 heavy (non-hydrogen) atoms. The Labute approximate surface area is 212 Å². The van der Waals surface area contributed by atoms with Crippen LogP contribution in [0.4, 0.5) is 10.8 Å². The van der Waals surface area contributed by atoms with Crippen molar-refractivity contribution in [3.05, 3.63) is 88.8 Å². The Balaban J connectivity index is 1.33. The zero-order valence-electron chi connectivity index (χ0n) is 19.6. The van der Waals surface area contributed by atoms with E-state index in [2.05, 4.69) is 27.8 Å². The van der Waals surface area contributed by atoms with Gasteiger partial charge in [0, 0.05) is 26.6 Å². The summed E-state index contributed by atoms with van der Waals surface area (Å²) < 4.78 is 5.13. The molecule has 4 aromatic rings. The maximum atomic E-state index is 12.5. The van der Waals surface area contributed by atoms with Crippen LogP contribution >= 0.6 is 23.1 Å². The monoisotopic (exact) mass is 503 g/mol. The molecule has 4 rings (SSSR count). The highest BCUT2D eigenvalue weighted by atomic mass is 32.2. The number of carbonyl (C=O) groups excluding carboxylic acids is 2. The summed E-state index contributed by atoms with van der Waals surface area (Å²) in [4.78, 5) is 31.6. The largest absolute Gasteiger partial charge is 0.497 e. The van der Waals surface area contributed by atoms with Crippen molar-refractivity contribution >= 4 is 45.7 Å². The van der Waals surface area contributed by atoms with Crippen LogP contribution in [0.25, 0.3) is 11.3 Å². The maximum Gasteiger partial charge on any atom is 0.255 e. The smallest absolute Gasteiger partial charge is 0.255 e. The average molecular weight is 504 g/mol. The van der Waals surface area contributed by atoms with Crippen LogP contribution in [0.3, 0.4) is 0 Å². The Morgan fingerprint density at radius 3 is 2.43 bits per heavy atom. The van der Waals surface area contributed by atoms with Gasteiger partial charge in [-0.25, -0.2) is 4.98 Å². The molecule has 2 amide bonds. The summed E-state index contributed by atoms with van der Waals surface area (Å²) >= 11 is 2.86. The molecule has 3 aromatic carbocycles. The lowest BCUT2D eigenvalue weighted by atomic mass is 10.1. The molecule has 0 fully saturated rings.